The van der Waals surface area contributed by atoms with Crippen molar-refractivity contribution in [3.8, 4) is 0 Å². The van der Waals surface area contributed by atoms with Crippen LogP contribution in [0.25, 0.3) is 11.0 Å². The minimum absolute atomic E-state index is 0.0104. The normalized spacial score (nSPS) is 14.4. The average Bonchev–Trinajstić information content (AvgIpc) is 3.42. The highest BCUT2D eigenvalue weighted by Crippen LogP contribution is 2.27. The van der Waals surface area contributed by atoms with Crippen LogP contribution in [0.1, 0.15) is 38.7 Å². The fourth-order valence-electron chi connectivity index (χ4n) is 4.90. The van der Waals surface area contributed by atoms with Gasteiger partial charge in [-0.3, -0.25) is 0 Å². The Morgan fingerprint density at radius 1 is 1.08 bits per heavy atom. The van der Waals surface area contributed by atoms with E-state index in [-0.39, 0.29) is 18.4 Å². The Balaban J connectivity index is 1.41. The zero-order chi connectivity index (χ0) is 27.8. The van der Waals surface area contributed by atoms with Crippen LogP contribution in [0.5, 0.6) is 0 Å². The molecule has 1 fully saturated rings. The minimum atomic E-state index is -3.32. The molecule has 0 bridgehead atoms. The molecule has 0 spiro atoms. The summed E-state index contributed by atoms with van der Waals surface area (Å²) >= 11 is 0. The highest BCUT2D eigenvalue weighted by molar-refractivity contribution is 7.91. The lowest BCUT2D eigenvalue weighted by atomic mass is 10.1. The Hall–Kier alpha value is -2.86. The van der Waals surface area contributed by atoms with E-state index in [0.717, 1.165) is 30.9 Å². The third-order valence-electron chi connectivity index (χ3n) is 6.97. The number of nitrogens with one attached hydrogen (secondary N) is 1. The first-order valence-corrected chi connectivity index (χ1v) is 15.3. The number of nitrogens with zero attached hydrogens (tertiary/aromatic N) is 5. The molecule has 0 amide bonds. The third kappa shape index (κ3) is 7.84. The molecule has 4 rings (SSSR count). The molecule has 1 saturated heterocycles. The van der Waals surface area contributed by atoms with Crippen molar-refractivity contribution in [2.45, 2.75) is 51.0 Å². The molecule has 3 aromatic rings. The second kappa shape index (κ2) is 13.5. The summed E-state index contributed by atoms with van der Waals surface area (Å²) in [6, 6.07) is 10.9. The summed E-state index contributed by atoms with van der Waals surface area (Å²) < 4.78 is 31.0. The number of fused-ring (bicyclic) bond motifs is 1. The molecule has 0 unspecified atom stereocenters. The van der Waals surface area contributed by atoms with Crippen molar-refractivity contribution in [3.63, 3.8) is 0 Å². The van der Waals surface area contributed by atoms with Crippen LogP contribution in [0, 0.1) is 6.92 Å². The zero-order valence-electron chi connectivity index (χ0n) is 23.1. The number of aliphatic hydroxyl groups excluding tert-OH is 1. The van der Waals surface area contributed by atoms with Gasteiger partial charge in [0, 0.05) is 24.0 Å². The summed E-state index contributed by atoms with van der Waals surface area (Å²) in [6.45, 7) is 10.8. The molecule has 0 atom stereocenters. The molecule has 2 aromatic carbocycles. The van der Waals surface area contributed by atoms with Crippen LogP contribution < -0.4 is 10.2 Å². The van der Waals surface area contributed by atoms with E-state index in [2.05, 4.69) is 44.1 Å². The second-order valence-corrected chi connectivity index (χ2v) is 12.4. The van der Waals surface area contributed by atoms with Gasteiger partial charge in [0.25, 0.3) is 0 Å². The van der Waals surface area contributed by atoms with E-state index >= 15 is 0 Å². The predicted octanol–water partition coefficient (Wildman–Crippen LogP) is 3.56. The third-order valence-corrected chi connectivity index (χ3v) is 8.79. The van der Waals surface area contributed by atoms with Crippen molar-refractivity contribution in [1.29, 1.82) is 0 Å². The van der Waals surface area contributed by atoms with Crippen molar-refractivity contribution < 1.29 is 18.3 Å². The van der Waals surface area contributed by atoms with E-state index < -0.39 is 9.84 Å². The first kappa shape index (κ1) is 29.1. The van der Waals surface area contributed by atoms with E-state index in [1.54, 1.807) is 24.3 Å². The lowest BCUT2D eigenvalue weighted by molar-refractivity contribution is 0.0961. The molecule has 0 saturated carbocycles. The van der Waals surface area contributed by atoms with Gasteiger partial charge in [-0.2, -0.15) is 0 Å². The Morgan fingerprint density at radius 3 is 2.51 bits per heavy atom. The van der Waals surface area contributed by atoms with Crippen molar-refractivity contribution >= 4 is 38.2 Å². The highest BCUT2D eigenvalue weighted by Gasteiger charge is 2.18. The van der Waals surface area contributed by atoms with Gasteiger partial charge in [0.2, 0.25) is 5.95 Å². The molecule has 1 aromatic heterocycles. The van der Waals surface area contributed by atoms with E-state index in [0.29, 0.717) is 53.7 Å². The van der Waals surface area contributed by atoms with E-state index in [1.165, 1.54) is 12.8 Å². The SMILES string of the molecule is Cc1cc2nc(Nc3ccc(S(=O)(=O)CCCN4CCCC4)cc3)nnc2cc1N(CCOCCO)C(C)C. The van der Waals surface area contributed by atoms with Crippen LogP contribution in [0.3, 0.4) is 0 Å². The Morgan fingerprint density at radius 2 is 1.82 bits per heavy atom. The summed E-state index contributed by atoms with van der Waals surface area (Å²) in [6.07, 6.45) is 3.06. The molecular formula is C28H40N6O4S. The molecule has 1 aliphatic heterocycles. The number of sulfone groups is 1. The van der Waals surface area contributed by atoms with Crippen molar-refractivity contribution in [2.24, 2.45) is 0 Å². The average molecular weight is 557 g/mol. The van der Waals surface area contributed by atoms with Gasteiger partial charge in [0.05, 0.1) is 36.0 Å². The molecule has 11 heteroatoms. The van der Waals surface area contributed by atoms with E-state index in [9.17, 15) is 8.42 Å². The Labute approximate surface area is 231 Å². The van der Waals surface area contributed by atoms with Crippen LogP contribution in [-0.4, -0.2) is 91.4 Å². The standard InChI is InChI=1S/C28H40N6O4S/c1-21(2)34(14-16-38-17-15-35)27-20-26-25(19-22(27)3)30-28(32-31-26)29-23-7-9-24(10-8-23)39(36,37)18-6-13-33-11-4-5-12-33/h7-10,19-21,35H,4-6,11-18H2,1-3H3,(H,29,30,32). The Kier molecular flexibility index (Phi) is 10.1. The summed E-state index contributed by atoms with van der Waals surface area (Å²) in [7, 11) is -3.32. The van der Waals surface area contributed by atoms with Crippen LogP contribution in [0.2, 0.25) is 0 Å². The largest absolute Gasteiger partial charge is 0.394 e. The fourth-order valence-corrected chi connectivity index (χ4v) is 6.20. The number of ether oxygens (including phenoxy) is 1. The molecule has 2 N–H and O–H groups in total. The maximum atomic E-state index is 12.8. The van der Waals surface area contributed by atoms with Gasteiger partial charge in [0.15, 0.2) is 9.84 Å². The van der Waals surface area contributed by atoms with Gasteiger partial charge in [-0.1, -0.05) is 0 Å². The first-order valence-electron chi connectivity index (χ1n) is 13.7. The van der Waals surface area contributed by atoms with Gasteiger partial charge < -0.3 is 25.0 Å². The number of aryl methyl sites for hydroxylation is 1. The van der Waals surface area contributed by atoms with Crippen molar-refractivity contribution in [1.82, 2.24) is 20.1 Å². The number of hydrogen-bond acceptors (Lipinski definition) is 10. The molecule has 2 heterocycles. The highest BCUT2D eigenvalue weighted by atomic mass is 32.2. The van der Waals surface area contributed by atoms with Gasteiger partial charge in [-0.05, 0) is 102 Å². The van der Waals surface area contributed by atoms with Gasteiger partial charge in [0.1, 0.15) is 5.52 Å². The number of likely N-dealkylation sites (tertiary alicyclic amines) is 1. The van der Waals surface area contributed by atoms with Gasteiger partial charge >= 0.3 is 0 Å². The van der Waals surface area contributed by atoms with Crippen molar-refractivity contribution in [3.05, 3.63) is 42.0 Å². The minimum Gasteiger partial charge on any atom is -0.394 e. The van der Waals surface area contributed by atoms with E-state index in [1.807, 2.05) is 19.1 Å². The van der Waals surface area contributed by atoms with Crippen LogP contribution in [0.15, 0.2) is 41.3 Å². The molecule has 39 heavy (non-hydrogen) atoms. The summed E-state index contributed by atoms with van der Waals surface area (Å²) in [5.41, 5.74) is 4.18. The molecular weight excluding hydrogens is 516 g/mol. The quantitative estimate of drug-likeness (QED) is 0.285. The maximum absolute atomic E-state index is 12.8. The number of benzene rings is 2. The summed E-state index contributed by atoms with van der Waals surface area (Å²) in [4.78, 5) is 9.53. The van der Waals surface area contributed by atoms with Gasteiger partial charge in [-0.15, -0.1) is 10.2 Å². The smallest absolute Gasteiger partial charge is 0.247 e. The number of rotatable bonds is 14. The molecule has 0 aliphatic carbocycles. The second-order valence-electron chi connectivity index (χ2n) is 10.3. The molecule has 212 valence electrons. The van der Waals surface area contributed by atoms with Crippen molar-refractivity contribution in [2.75, 3.05) is 62.0 Å². The Bertz CT molecular complexity index is 1330. The number of aromatic nitrogens is 3. The summed E-state index contributed by atoms with van der Waals surface area (Å²) in [5.74, 6) is 0.494. The molecule has 0 radical (unpaired) electrons. The first-order chi connectivity index (χ1) is 18.8. The number of aliphatic hydroxyl groups is 1. The van der Waals surface area contributed by atoms with Gasteiger partial charge in [-0.25, -0.2) is 13.4 Å². The predicted molar refractivity (Wildman–Crippen MR) is 155 cm³/mol. The lowest BCUT2D eigenvalue weighted by Gasteiger charge is -2.30. The van der Waals surface area contributed by atoms with E-state index in [4.69, 9.17) is 9.84 Å². The van der Waals surface area contributed by atoms with Crippen LogP contribution >= 0.6 is 0 Å². The summed E-state index contributed by atoms with van der Waals surface area (Å²) in [5, 5.41) is 20.7. The van der Waals surface area contributed by atoms with Crippen LogP contribution in [-0.2, 0) is 14.6 Å². The zero-order valence-corrected chi connectivity index (χ0v) is 24.0. The lowest BCUT2D eigenvalue weighted by Crippen LogP contribution is -2.34. The molecule has 1 aliphatic rings. The maximum Gasteiger partial charge on any atom is 0.247 e. The number of anilines is 3. The van der Waals surface area contributed by atoms with Crippen LogP contribution in [0.4, 0.5) is 17.3 Å². The fraction of sp³-hybridized carbons (Fsp3) is 0.536. The monoisotopic (exact) mass is 556 g/mol. The topological polar surface area (TPSA) is 121 Å². The number of hydrogen-bond donors (Lipinski definition) is 2. The molecule has 10 nitrogen and oxygen atoms in total.